The Hall–Kier alpha value is -1.06. The third kappa shape index (κ3) is 3.41. The molecule has 2 unspecified atom stereocenters. The maximum absolute atomic E-state index is 13.2. The van der Waals surface area contributed by atoms with Gasteiger partial charge in [0.05, 0.1) is 5.41 Å². The van der Waals surface area contributed by atoms with Crippen molar-refractivity contribution in [1.82, 2.24) is 10.6 Å². The summed E-state index contributed by atoms with van der Waals surface area (Å²) in [5, 5.41) is 6.43. The maximum atomic E-state index is 13.2. The zero-order valence-corrected chi connectivity index (χ0v) is 17.0. The number of amides is 1. The molecule has 4 aliphatic rings. The summed E-state index contributed by atoms with van der Waals surface area (Å²) >= 11 is 0. The first kappa shape index (κ1) is 19.7. The van der Waals surface area contributed by atoms with Gasteiger partial charge < -0.3 is 10.6 Å². The van der Waals surface area contributed by atoms with Crippen LogP contribution >= 0.6 is 12.4 Å². The fourth-order valence-corrected chi connectivity index (χ4v) is 6.43. The molecule has 0 radical (unpaired) electrons. The molecule has 26 heavy (non-hydrogen) atoms. The van der Waals surface area contributed by atoms with Crippen molar-refractivity contribution in [2.24, 2.45) is 17.3 Å². The summed E-state index contributed by atoms with van der Waals surface area (Å²) in [6.45, 7) is 3.92. The second-order valence-electron chi connectivity index (χ2n) is 9.10. The van der Waals surface area contributed by atoms with Gasteiger partial charge in [-0.2, -0.15) is 0 Å². The lowest BCUT2D eigenvalue weighted by Gasteiger charge is -2.61. The van der Waals surface area contributed by atoms with E-state index in [0.717, 1.165) is 50.6 Å². The van der Waals surface area contributed by atoms with Gasteiger partial charge in [-0.3, -0.25) is 4.79 Å². The zero-order valence-electron chi connectivity index (χ0n) is 16.1. The van der Waals surface area contributed by atoms with E-state index in [9.17, 15) is 4.79 Å². The van der Waals surface area contributed by atoms with Crippen molar-refractivity contribution >= 4 is 18.3 Å². The highest BCUT2D eigenvalue weighted by Crippen LogP contribution is 2.65. The average Bonchev–Trinajstić information content (AvgIpc) is 2.58. The van der Waals surface area contributed by atoms with Gasteiger partial charge in [-0.05, 0) is 88.3 Å². The minimum absolute atomic E-state index is 0. The van der Waals surface area contributed by atoms with E-state index < -0.39 is 0 Å². The van der Waals surface area contributed by atoms with Gasteiger partial charge >= 0.3 is 0 Å². The number of carbonyl (C=O) groups is 1. The number of hydrogen-bond acceptors (Lipinski definition) is 2. The molecule has 0 saturated heterocycles. The van der Waals surface area contributed by atoms with Crippen LogP contribution in [0.3, 0.4) is 0 Å². The molecule has 5 rings (SSSR count). The molecular formula is C22H33ClN2O. The van der Waals surface area contributed by atoms with Gasteiger partial charge in [0.15, 0.2) is 0 Å². The lowest BCUT2D eigenvalue weighted by atomic mass is 9.42. The quantitative estimate of drug-likeness (QED) is 0.737. The smallest absolute Gasteiger partial charge is 0.226 e. The van der Waals surface area contributed by atoms with Gasteiger partial charge in [-0.15, -0.1) is 12.4 Å². The predicted octanol–water partition coefficient (Wildman–Crippen LogP) is 3.98. The van der Waals surface area contributed by atoms with E-state index in [-0.39, 0.29) is 23.2 Å². The van der Waals surface area contributed by atoms with Crippen LogP contribution in [-0.4, -0.2) is 26.0 Å². The molecule has 4 bridgehead atoms. The molecule has 1 amide bonds. The zero-order chi connectivity index (χ0) is 17.5. The van der Waals surface area contributed by atoms with Crippen LogP contribution in [0, 0.1) is 24.2 Å². The fraction of sp³-hybridized carbons (Fsp3) is 0.682. The monoisotopic (exact) mass is 376 g/mol. The van der Waals surface area contributed by atoms with E-state index >= 15 is 0 Å². The van der Waals surface area contributed by atoms with Crippen molar-refractivity contribution in [1.29, 1.82) is 0 Å². The molecule has 4 aliphatic carbocycles. The van der Waals surface area contributed by atoms with E-state index in [1.54, 1.807) is 0 Å². The van der Waals surface area contributed by atoms with Crippen molar-refractivity contribution in [2.75, 3.05) is 20.1 Å². The van der Waals surface area contributed by atoms with Crippen molar-refractivity contribution in [3.8, 4) is 0 Å². The van der Waals surface area contributed by atoms with Crippen LogP contribution < -0.4 is 10.6 Å². The molecule has 0 spiro atoms. The highest BCUT2D eigenvalue weighted by atomic mass is 35.5. The van der Waals surface area contributed by atoms with Crippen LogP contribution in [0.25, 0.3) is 0 Å². The van der Waals surface area contributed by atoms with Crippen LogP contribution in [0.2, 0.25) is 0 Å². The van der Waals surface area contributed by atoms with Crippen LogP contribution in [0.15, 0.2) is 24.3 Å². The summed E-state index contributed by atoms with van der Waals surface area (Å²) in [6.07, 6.45) is 8.25. The minimum Gasteiger partial charge on any atom is -0.356 e. The second-order valence-corrected chi connectivity index (χ2v) is 9.10. The van der Waals surface area contributed by atoms with E-state index in [0.29, 0.717) is 5.91 Å². The second kappa shape index (κ2) is 7.52. The first-order valence-electron chi connectivity index (χ1n) is 10.1. The van der Waals surface area contributed by atoms with Gasteiger partial charge in [-0.1, -0.05) is 29.8 Å². The Bertz CT molecular complexity index is 628. The van der Waals surface area contributed by atoms with Crippen molar-refractivity contribution in [3.05, 3.63) is 35.4 Å². The molecule has 0 aliphatic heterocycles. The van der Waals surface area contributed by atoms with Gasteiger partial charge in [0.2, 0.25) is 5.91 Å². The largest absolute Gasteiger partial charge is 0.356 e. The molecule has 2 atom stereocenters. The first-order valence-corrected chi connectivity index (χ1v) is 10.1. The van der Waals surface area contributed by atoms with Crippen molar-refractivity contribution in [3.63, 3.8) is 0 Å². The number of hydrogen-bond donors (Lipinski definition) is 2. The summed E-state index contributed by atoms with van der Waals surface area (Å²) in [6, 6.07) is 9.17. The normalized spacial score (nSPS) is 34.4. The van der Waals surface area contributed by atoms with Crippen LogP contribution in [-0.2, 0) is 10.2 Å². The molecule has 2 N–H and O–H groups in total. The lowest BCUT2D eigenvalue weighted by molar-refractivity contribution is -0.149. The lowest BCUT2D eigenvalue weighted by Crippen LogP contribution is -2.59. The predicted molar refractivity (Wildman–Crippen MR) is 109 cm³/mol. The molecule has 4 fully saturated rings. The van der Waals surface area contributed by atoms with Gasteiger partial charge in [0.1, 0.15) is 0 Å². The highest BCUT2D eigenvalue weighted by Gasteiger charge is 2.60. The molecule has 1 aromatic rings. The van der Waals surface area contributed by atoms with Crippen LogP contribution in [0.4, 0.5) is 0 Å². The van der Waals surface area contributed by atoms with E-state index in [1.165, 1.54) is 30.4 Å². The van der Waals surface area contributed by atoms with Gasteiger partial charge in [0.25, 0.3) is 0 Å². The minimum atomic E-state index is -0.103. The Balaban J connectivity index is 0.00000196. The number of aryl methyl sites for hydroxylation is 1. The third-order valence-corrected chi connectivity index (χ3v) is 7.10. The van der Waals surface area contributed by atoms with E-state index in [2.05, 4.69) is 41.8 Å². The fourth-order valence-electron chi connectivity index (χ4n) is 6.43. The number of rotatable bonds is 6. The van der Waals surface area contributed by atoms with Crippen molar-refractivity contribution < 1.29 is 4.79 Å². The van der Waals surface area contributed by atoms with E-state index in [4.69, 9.17) is 0 Å². The number of benzene rings is 1. The summed E-state index contributed by atoms with van der Waals surface area (Å²) in [7, 11) is 1.96. The number of carbonyl (C=O) groups excluding carboxylic acids is 1. The molecule has 4 saturated carbocycles. The molecule has 0 heterocycles. The first-order chi connectivity index (χ1) is 12.1. The third-order valence-electron chi connectivity index (χ3n) is 7.10. The summed E-state index contributed by atoms with van der Waals surface area (Å²) < 4.78 is 0. The number of nitrogens with one attached hydrogen (secondary N) is 2. The Morgan fingerprint density at radius 3 is 2.35 bits per heavy atom. The summed E-state index contributed by atoms with van der Waals surface area (Å²) in [5.74, 6) is 1.82. The molecule has 3 nitrogen and oxygen atoms in total. The van der Waals surface area contributed by atoms with E-state index in [1.807, 2.05) is 7.05 Å². The Morgan fingerprint density at radius 1 is 1.08 bits per heavy atom. The SMILES string of the molecule is CNCCCNC(=O)C12CC3CC(C1)CC(c1ccc(C)cc1)(C3)C2.Cl. The molecule has 0 aromatic heterocycles. The topological polar surface area (TPSA) is 41.1 Å². The highest BCUT2D eigenvalue weighted by molar-refractivity contribution is 5.85. The number of halogens is 1. The standard InChI is InChI=1S/C22H32N2O.ClH/c1-16-4-6-19(7-5-16)21-11-17-10-18(12-21)14-22(13-17,15-21)20(25)24-9-3-8-23-2;/h4-7,17-18,23H,3,8-15H2,1-2H3,(H,24,25);1H. The van der Waals surface area contributed by atoms with Gasteiger partial charge in [0, 0.05) is 6.54 Å². The molecule has 1 aromatic carbocycles. The van der Waals surface area contributed by atoms with Crippen molar-refractivity contribution in [2.45, 2.75) is 57.3 Å². The Kier molecular flexibility index (Phi) is 5.69. The molecule has 144 valence electrons. The Labute approximate surface area is 164 Å². The summed E-state index contributed by atoms with van der Waals surface area (Å²) in [5.41, 5.74) is 2.96. The van der Waals surface area contributed by atoms with Crippen LogP contribution in [0.1, 0.15) is 56.1 Å². The molecule has 4 heteroatoms. The van der Waals surface area contributed by atoms with Gasteiger partial charge in [-0.25, -0.2) is 0 Å². The maximum Gasteiger partial charge on any atom is 0.226 e. The van der Waals surface area contributed by atoms with Crippen LogP contribution in [0.5, 0.6) is 0 Å². The average molecular weight is 377 g/mol. The summed E-state index contributed by atoms with van der Waals surface area (Å²) in [4.78, 5) is 13.2. The Morgan fingerprint density at radius 2 is 1.73 bits per heavy atom. The molecular weight excluding hydrogens is 344 g/mol.